The van der Waals surface area contributed by atoms with Crippen molar-refractivity contribution >= 4 is 28.5 Å². The number of amidine groups is 1. The lowest BCUT2D eigenvalue weighted by atomic mass is 10.4. The van der Waals surface area contributed by atoms with Crippen molar-refractivity contribution in [2.24, 2.45) is 4.99 Å². The minimum absolute atomic E-state index is 0.148. The Bertz CT molecular complexity index is 405. The highest BCUT2D eigenvalue weighted by Gasteiger charge is 2.27. The van der Waals surface area contributed by atoms with E-state index in [1.807, 2.05) is 12.1 Å². The van der Waals surface area contributed by atoms with Crippen LogP contribution < -0.4 is 0 Å². The van der Waals surface area contributed by atoms with Crippen LogP contribution in [-0.4, -0.2) is 33.3 Å². The van der Waals surface area contributed by atoms with E-state index in [2.05, 4.69) is 16.9 Å². The third-order valence-corrected chi connectivity index (χ3v) is 3.14. The monoisotopic (exact) mass is 235 g/mol. The van der Waals surface area contributed by atoms with Gasteiger partial charge in [-0.05, 0) is 18.6 Å². The third-order valence-electron chi connectivity index (χ3n) is 2.17. The maximum atomic E-state index is 11.6. The predicted molar refractivity (Wildman–Crippen MR) is 65.8 cm³/mol. The van der Waals surface area contributed by atoms with Crippen LogP contribution in [0.3, 0.4) is 0 Å². The number of aromatic nitrogens is 1. The number of amides is 1. The summed E-state index contributed by atoms with van der Waals surface area (Å²) in [7, 11) is 0. The van der Waals surface area contributed by atoms with Crippen LogP contribution in [0.5, 0.6) is 0 Å². The summed E-state index contributed by atoms with van der Waals surface area (Å²) in [4.78, 5) is 21.7. The molecule has 2 rings (SSSR count). The van der Waals surface area contributed by atoms with Crippen LogP contribution in [0.25, 0.3) is 0 Å². The molecule has 1 aromatic rings. The zero-order valence-corrected chi connectivity index (χ0v) is 9.91. The Balaban J connectivity index is 2.20. The molecule has 1 aliphatic heterocycles. The van der Waals surface area contributed by atoms with E-state index in [4.69, 9.17) is 0 Å². The first-order chi connectivity index (χ1) is 7.81. The second-order valence-corrected chi connectivity index (χ2v) is 4.38. The molecule has 0 N–H and O–H groups in total. The molecule has 0 aromatic carbocycles. The average Bonchev–Trinajstić information content (AvgIpc) is 2.64. The lowest BCUT2D eigenvalue weighted by molar-refractivity contribution is -0.124. The number of rotatable bonds is 3. The molecule has 0 unspecified atom stereocenters. The van der Waals surface area contributed by atoms with Crippen LogP contribution >= 0.6 is 11.8 Å². The Morgan fingerprint density at radius 2 is 2.50 bits per heavy atom. The van der Waals surface area contributed by atoms with Crippen LogP contribution in [0, 0.1) is 0 Å². The van der Waals surface area contributed by atoms with Gasteiger partial charge in [-0.2, -0.15) is 0 Å². The standard InChI is InChI=1S/C11H13N3OS/c1-2-6-14-10(15)8-16-11(14)13-9-4-3-5-12-7-9/h3-5,7H,2,6,8H2,1H3. The number of carbonyl (C=O) groups excluding carboxylic acids is 1. The molecule has 5 heteroatoms. The van der Waals surface area contributed by atoms with Gasteiger partial charge < -0.3 is 0 Å². The van der Waals surface area contributed by atoms with Gasteiger partial charge in [-0.1, -0.05) is 18.7 Å². The van der Waals surface area contributed by atoms with Crippen LogP contribution in [-0.2, 0) is 4.79 Å². The van der Waals surface area contributed by atoms with Gasteiger partial charge in [0.25, 0.3) is 0 Å². The molecule has 0 atom stereocenters. The van der Waals surface area contributed by atoms with Gasteiger partial charge in [0.05, 0.1) is 17.6 Å². The number of pyridine rings is 1. The molecule has 1 saturated heterocycles. The smallest absolute Gasteiger partial charge is 0.239 e. The first kappa shape index (κ1) is 11.1. The van der Waals surface area contributed by atoms with Crippen molar-refractivity contribution in [2.45, 2.75) is 13.3 Å². The van der Waals surface area contributed by atoms with Crippen molar-refractivity contribution in [1.29, 1.82) is 0 Å². The Kier molecular flexibility index (Phi) is 3.56. The highest BCUT2D eigenvalue weighted by Crippen LogP contribution is 2.23. The summed E-state index contributed by atoms with van der Waals surface area (Å²) < 4.78 is 0. The van der Waals surface area contributed by atoms with E-state index in [0.717, 1.165) is 23.8 Å². The number of hydrogen-bond donors (Lipinski definition) is 0. The maximum absolute atomic E-state index is 11.6. The summed E-state index contributed by atoms with van der Waals surface area (Å²) in [6, 6.07) is 3.72. The molecule has 1 amide bonds. The van der Waals surface area contributed by atoms with Crippen molar-refractivity contribution < 1.29 is 4.79 Å². The summed E-state index contributed by atoms with van der Waals surface area (Å²) in [5.74, 6) is 0.647. The van der Waals surface area contributed by atoms with Crippen LogP contribution in [0.15, 0.2) is 29.5 Å². The van der Waals surface area contributed by atoms with Gasteiger partial charge in [0.15, 0.2) is 5.17 Å². The van der Waals surface area contributed by atoms with E-state index in [9.17, 15) is 4.79 Å². The quantitative estimate of drug-likeness (QED) is 0.805. The molecule has 0 radical (unpaired) electrons. The number of nitrogens with zero attached hydrogens (tertiary/aromatic N) is 3. The largest absolute Gasteiger partial charge is 0.291 e. The fourth-order valence-electron chi connectivity index (χ4n) is 1.46. The molecule has 0 spiro atoms. The zero-order chi connectivity index (χ0) is 11.4. The molecule has 2 heterocycles. The van der Waals surface area contributed by atoms with E-state index in [1.165, 1.54) is 11.8 Å². The number of thioether (sulfide) groups is 1. The molecular formula is C11H13N3OS. The van der Waals surface area contributed by atoms with E-state index < -0.39 is 0 Å². The van der Waals surface area contributed by atoms with Crippen molar-refractivity contribution in [3.05, 3.63) is 24.5 Å². The fourth-order valence-corrected chi connectivity index (χ4v) is 2.38. The molecule has 4 nitrogen and oxygen atoms in total. The molecule has 0 saturated carbocycles. The van der Waals surface area contributed by atoms with Gasteiger partial charge >= 0.3 is 0 Å². The van der Waals surface area contributed by atoms with Gasteiger partial charge in [-0.25, -0.2) is 4.99 Å². The topological polar surface area (TPSA) is 45.6 Å². The van der Waals surface area contributed by atoms with Gasteiger partial charge in [0.2, 0.25) is 5.91 Å². The minimum atomic E-state index is 0.148. The third kappa shape index (κ3) is 2.41. The Hall–Kier alpha value is -1.36. The summed E-state index contributed by atoms with van der Waals surface area (Å²) in [6.45, 7) is 2.79. The summed E-state index contributed by atoms with van der Waals surface area (Å²) in [6.07, 6.45) is 4.35. The normalized spacial score (nSPS) is 18.4. The summed E-state index contributed by atoms with van der Waals surface area (Å²) >= 11 is 1.49. The van der Waals surface area contributed by atoms with Gasteiger partial charge in [-0.15, -0.1) is 0 Å². The SMILES string of the molecule is CCCN1C(=O)CSC1=Nc1cccnc1. The van der Waals surface area contributed by atoms with Crippen molar-refractivity contribution in [3.8, 4) is 0 Å². The Labute approximate surface area is 98.8 Å². The first-order valence-electron chi connectivity index (χ1n) is 5.23. The lowest BCUT2D eigenvalue weighted by Gasteiger charge is -2.14. The number of hydrogen-bond acceptors (Lipinski definition) is 4. The molecule has 0 aliphatic carbocycles. The van der Waals surface area contributed by atoms with Gasteiger partial charge in [0, 0.05) is 12.7 Å². The highest BCUT2D eigenvalue weighted by atomic mass is 32.2. The van der Waals surface area contributed by atoms with Crippen LogP contribution in [0.1, 0.15) is 13.3 Å². The van der Waals surface area contributed by atoms with Crippen molar-refractivity contribution in [3.63, 3.8) is 0 Å². The van der Waals surface area contributed by atoms with E-state index in [1.54, 1.807) is 17.3 Å². The lowest BCUT2D eigenvalue weighted by Crippen LogP contribution is -2.30. The Morgan fingerprint density at radius 1 is 1.62 bits per heavy atom. The van der Waals surface area contributed by atoms with Crippen LogP contribution in [0.2, 0.25) is 0 Å². The molecule has 1 fully saturated rings. The second-order valence-electron chi connectivity index (χ2n) is 3.44. The van der Waals surface area contributed by atoms with E-state index in [0.29, 0.717) is 5.75 Å². The molecule has 0 bridgehead atoms. The Morgan fingerprint density at radius 3 is 3.19 bits per heavy atom. The molecule has 16 heavy (non-hydrogen) atoms. The van der Waals surface area contributed by atoms with E-state index in [-0.39, 0.29) is 5.91 Å². The molecule has 1 aromatic heterocycles. The molecule has 84 valence electrons. The van der Waals surface area contributed by atoms with Crippen molar-refractivity contribution in [1.82, 2.24) is 9.88 Å². The molecule has 1 aliphatic rings. The summed E-state index contributed by atoms with van der Waals surface area (Å²) in [5.41, 5.74) is 0.792. The molecular weight excluding hydrogens is 222 g/mol. The van der Waals surface area contributed by atoms with Gasteiger partial charge in [0.1, 0.15) is 0 Å². The van der Waals surface area contributed by atoms with Crippen molar-refractivity contribution in [2.75, 3.05) is 12.3 Å². The van der Waals surface area contributed by atoms with E-state index >= 15 is 0 Å². The minimum Gasteiger partial charge on any atom is -0.291 e. The average molecular weight is 235 g/mol. The predicted octanol–water partition coefficient (Wildman–Crippen LogP) is 2.05. The van der Waals surface area contributed by atoms with Crippen LogP contribution in [0.4, 0.5) is 5.69 Å². The number of aliphatic imine (C=N–C) groups is 1. The zero-order valence-electron chi connectivity index (χ0n) is 9.09. The first-order valence-corrected chi connectivity index (χ1v) is 6.21. The summed E-state index contributed by atoms with van der Waals surface area (Å²) in [5, 5.41) is 0.792. The fraction of sp³-hybridized carbons (Fsp3) is 0.364. The maximum Gasteiger partial charge on any atom is 0.239 e. The second kappa shape index (κ2) is 5.12. The number of carbonyl (C=O) groups is 1. The van der Waals surface area contributed by atoms with Gasteiger partial charge in [-0.3, -0.25) is 14.7 Å². The highest BCUT2D eigenvalue weighted by molar-refractivity contribution is 8.15.